The number of carbonyl (C=O) groups is 1. The number of pyridine rings is 1. The SMILES string of the molecule is CCN1CC[C@H]2NC(=O)c3cnn4ccc(nc34)N3OCC[C@@H]3c3cc(F)cnc3O[C@H]2C1. The molecule has 6 rings (SSSR count). The monoisotopic (exact) mass is 453 g/mol. The largest absolute Gasteiger partial charge is 0.471 e. The van der Waals surface area contributed by atoms with Gasteiger partial charge < -0.3 is 10.1 Å². The van der Waals surface area contributed by atoms with Crippen molar-refractivity contribution in [2.75, 3.05) is 31.3 Å². The summed E-state index contributed by atoms with van der Waals surface area (Å²) in [7, 11) is 0. The van der Waals surface area contributed by atoms with Gasteiger partial charge in [0.2, 0.25) is 5.88 Å². The van der Waals surface area contributed by atoms with Crippen LogP contribution in [0.3, 0.4) is 0 Å². The van der Waals surface area contributed by atoms with Crippen LogP contribution in [0, 0.1) is 5.82 Å². The molecule has 0 radical (unpaired) electrons. The Bertz CT molecular complexity index is 1220. The number of likely N-dealkylation sites (tertiary alicyclic amines) is 1. The molecule has 2 fully saturated rings. The van der Waals surface area contributed by atoms with Crippen molar-refractivity contribution in [2.45, 2.75) is 38.0 Å². The summed E-state index contributed by atoms with van der Waals surface area (Å²) < 4.78 is 22.3. The maximum Gasteiger partial charge on any atom is 0.257 e. The lowest BCUT2D eigenvalue weighted by atomic mass is 10.0. The van der Waals surface area contributed by atoms with Crippen molar-refractivity contribution in [1.29, 1.82) is 0 Å². The second-order valence-corrected chi connectivity index (χ2v) is 8.54. The minimum Gasteiger partial charge on any atom is -0.471 e. The molecule has 10 nitrogen and oxygen atoms in total. The molecule has 6 heterocycles. The molecule has 172 valence electrons. The highest BCUT2D eigenvalue weighted by atomic mass is 19.1. The molecule has 0 saturated carbocycles. The lowest BCUT2D eigenvalue weighted by Crippen LogP contribution is -2.56. The number of hydroxylamine groups is 1. The highest BCUT2D eigenvalue weighted by Gasteiger charge is 2.37. The average Bonchev–Trinajstić information content (AvgIpc) is 3.47. The van der Waals surface area contributed by atoms with E-state index in [1.165, 1.54) is 12.3 Å². The van der Waals surface area contributed by atoms with Crippen molar-refractivity contribution in [3.05, 3.63) is 47.7 Å². The van der Waals surface area contributed by atoms with Gasteiger partial charge in [0, 0.05) is 37.3 Å². The van der Waals surface area contributed by atoms with E-state index in [0.29, 0.717) is 48.0 Å². The van der Waals surface area contributed by atoms with E-state index in [4.69, 9.17) is 9.57 Å². The number of likely N-dealkylation sites (N-methyl/N-ethyl adjacent to an activating group) is 1. The van der Waals surface area contributed by atoms with Gasteiger partial charge in [-0.3, -0.25) is 14.5 Å². The summed E-state index contributed by atoms with van der Waals surface area (Å²) in [4.78, 5) is 30.4. The molecule has 11 heteroatoms. The predicted octanol–water partition coefficient (Wildman–Crippen LogP) is 1.73. The number of piperidine rings is 1. The zero-order chi connectivity index (χ0) is 22.5. The van der Waals surface area contributed by atoms with Crippen LogP contribution in [0.2, 0.25) is 0 Å². The fourth-order valence-corrected chi connectivity index (χ4v) is 4.84. The molecular formula is C22H24FN7O3. The van der Waals surface area contributed by atoms with Gasteiger partial charge in [-0.1, -0.05) is 6.92 Å². The fourth-order valence-electron chi connectivity index (χ4n) is 4.84. The lowest BCUT2D eigenvalue weighted by Gasteiger charge is -2.38. The van der Waals surface area contributed by atoms with Gasteiger partial charge in [0.05, 0.1) is 31.1 Å². The van der Waals surface area contributed by atoms with Crippen molar-refractivity contribution in [1.82, 2.24) is 29.8 Å². The Labute approximate surface area is 189 Å². The van der Waals surface area contributed by atoms with E-state index in [9.17, 15) is 9.18 Å². The average molecular weight is 453 g/mol. The number of nitrogens with one attached hydrogen (secondary N) is 1. The number of hydrogen-bond acceptors (Lipinski definition) is 8. The van der Waals surface area contributed by atoms with E-state index < -0.39 is 5.82 Å². The first-order valence-electron chi connectivity index (χ1n) is 11.2. The van der Waals surface area contributed by atoms with E-state index in [2.05, 4.69) is 32.2 Å². The highest BCUT2D eigenvalue weighted by Crippen LogP contribution is 2.38. The van der Waals surface area contributed by atoms with Crippen LogP contribution in [-0.4, -0.2) is 68.8 Å². The van der Waals surface area contributed by atoms with Gasteiger partial charge in [0.1, 0.15) is 17.5 Å². The topological polar surface area (TPSA) is 97.1 Å². The normalized spacial score (nSPS) is 25.3. The summed E-state index contributed by atoms with van der Waals surface area (Å²) in [6.07, 6.45) is 5.40. The molecule has 3 aliphatic heterocycles. The molecule has 0 aromatic carbocycles. The van der Waals surface area contributed by atoms with Gasteiger partial charge in [-0.25, -0.2) is 23.9 Å². The first-order chi connectivity index (χ1) is 16.1. The molecular weight excluding hydrogens is 429 g/mol. The van der Waals surface area contributed by atoms with Gasteiger partial charge in [0.25, 0.3) is 5.91 Å². The molecule has 3 atom stereocenters. The Morgan fingerprint density at radius 1 is 1.30 bits per heavy atom. The van der Waals surface area contributed by atoms with E-state index in [1.807, 2.05) is 0 Å². The number of anilines is 1. The van der Waals surface area contributed by atoms with Crippen LogP contribution in [0.25, 0.3) is 5.65 Å². The maximum atomic E-state index is 14.3. The Hall–Kier alpha value is -3.31. The number of carbonyl (C=O) groups excluding carboxylic acids is 1. The second-order valence-electron chi connectivity index (χ2n) is 8.54. The van der Waals surface area contributed by atoms with Crippen LogP contribution in [0.4, 0.5) is 10.2 Å². The summed E-state index contributed by atoms with van der Waals surface area (Å²) in [5.41, 5.74) is 1.41. The zero-order valence-electron chi connectivity index (χ0n) is 18.1. The van der Waals surface area contributed by atoms with E-state index in [-0.39, 0.29) is 24.1 Å². The van der Waals surface area contributed by atoms with Crippen molar-refractivity contribution in [2.24, 2.45) is 0 Å². The van der Waals surface area contributed by atoms with Gasteiger partial charge in [-0.05, 0) is 19.0 Å². The van der Waals surface area contributed by atoms with Crippen LogP contribution in [0.15, 0.2) is 30.7 Å². The van der Waals surface area contributed by atoms with E-state index in [1.54, 1.807) is 21.8 Å². The molecule has 3 aromatic heterocycles. The van der Waals surface area contributed by atoms with Crippen molar-refractivity contribution in [3.8, 4) is 5.88 Å². The van der Waals surface area contributed by atoms with E-state index >= 15 is 0 Å². The summed E-state index contributed by atoms with van der Waals surface area (Å²) in [6.45, 7) is 4.87. The molecule has 2 bridgehead atoms. The summed E-state index contributed by atoms with van der Waals surface area (Å²) >= 11 is 0. The summed E-state index contributed by atoms with van der Waals surface area (Å²) in [5.74, 6) is 0.147. The number of amides is 1. The zero-order valence-corrected chi connectivity index (χ0v) is 18.1. The van der Waals surface area contributed by atoms with Gasteiger partial charge in [-0.15, -0.1) is 0 Å². The second kappa shape index (κ2) is 7.92. The molecule has 0 aliphatic carbocycles. The van der Waals surface area contributed by atoms with Gasteiger partial charge in [-0.2, -0.15) is 5.10 Å². The summed E-state index contributed by atoms with van der Waals surface area (Å²) in [5, 5.41) is 9.04. The number of fused-ring (bicyclic) bond motifs is 6. The highest BCUT2D eigenvalue weighted by molar-refractivity contribution is 6.00. The number of aromatic nitrogens is 4. The number of rotatable bonds is 1. The maximum absolute atomic E-state index is 14.3. The fraction of sp³-hybridized carbons (Fsp3) is 0.455. The lowest BCUT2D eigenvalue weighted by molar-refractivity contribution is 0.0508. The van der Waals surface area contributed by atoms with Crippen LogP contribution in [-0.2, 0) is 4.84 Å². The first-order valence-corrected chi connectivity index (χ1v) is 11.2. The molecule has 2 saturated heterocycles. The standard InChI is InChI=1S/C22H24FN7O3/c1-2-28-6-3-16-18(12-28)33-22-14(9-13(23)10-24-22)17-5-8-32-30(17)19-4-7-29-20(27-19)15(11-25-29)21(31)26-16/h4,7,9-11,16-18H,2-3,5-6,8,12H2,1H3,(H,26,31)/t16-,17-,18+/m1/s1. The third-order valence-corrected chi connectivity index (χ3v) is 6.60. The molecule has 3 aliphatic rings. The van der Waals surface area contributed by atoms with Crippen LogP contribution >= 0.6 is 0 Å². The van der Waals surface area contributed by atoms with Crippen molar-refractivity contribution >= 4 is 17.4 Å². The van der Waals surface area contributed by atoms with Crippen molar-refractivity contribution in [3.63, 3.8) is 0 Å². The van der Waals surface area contributed by atoms with Crippen molar-refractivity contribution < 1.29 is 18.8 Å². The number of ether oxygens (including phenoxy) is 1. The molecule has 1 N–H and O–H groups in total. The molecule has 33 heavy (non-hydrogen) atoms. The van der Waals surface area contributed by atoms with Gasteiger partial charge in [0.15, 0.2) is 11.5 Å². The van der Waals surface area contributed by atoms with Crippen LogP contribution in [0.5, 0.6) is 5.88 Å². The molecule has 0 spiro atoms. The number of nitrogens with zero attached hydrogens (tertiary/aromatic N) is 6. The van der Waals surface area contributed by atoms with Gasteiger partial charge >= 0.3 is 0 Å². The van der Waals surface area contributed by atoms with E-state index in [0.717, 1.165) is 25.7 Å². The predicted molar refractivity (Wildman–Crippen MR) is 115 cm³/mol. The Balaban J connectivity index is 1.51. The van der Waals surface area contributed by atoms with Crippen LogP contribution in [0.1, 0.15) is 41.7 Å². The number of halogens is 1. The quantitative estimate of drug-likeness (QED) is 0.595. The Kier molecular flexibility index (Phi) is 4.88. The molecule has 3 aromatic rings. The Morgan fingerprint density at radius 2 is 2.21 bits per heavy atom. The minimum atomic E-state index is -0.446. The Morgan fingerprint density at radius 3 is 3.09 bits per heavy atom. The van der Waals surface area contributed by atoms with Crippen LogP contribution < -0.4 is 15.1 Å². The third kappa shape index (κ3) is 3.47. The molecule has 0 unspecified atom stereocenters. The smallest absolute Gasteiger partial charge is 0.257 e. The molecule has 1 amide bonds. The third-order valence-electron chi connectivity index (χ3n) is 6.60. The number of hydrogen-bond donors (Lipinski definition) is 1. The summed E-state index contributed by atoms with van der Waals surface area (Å²) in [6, 6.07) is 2.63. The first kappa shape index (κ1) is 20.3. The minimum absolute atomic E-state index is 0.241.